The second-order valence-electron chi connectivity index (χ2n) is 4.52. The molecule has 1 rings (SSSR count). The van der Waals surface area contributed by atoms with Gasteiger partial charge in [-0.2, -0.15) is 0 Å². The van der Waals surface area contributed by atoms with E-state index in [-0.39, 0.29) is 12.4 Å². The molecule has 0 atom stereocenters. The molecule has 0 aromatic heterocycles. The maximum Gasteiger partial charge on any atom is 0.128 e. The second-order valence-corrected chi connectivity index (χ2v) is 4.52. The maximum absolute atomic E-state index is 13.3. The molecule has 0 unspecified atom stereocenters. The third-order valence-electron chi connectivity index (χ3n) is 2.38. The SMILES string of the molecule is CC(C)CCCOc1cc(F)cc(C#CCO)c1. The average molecular weight is 250 g/mol. The van der Waals surface area contributed by atoms with E-state index in [0.29, 0.717) is 23.8 Å². The fraction of sp³-hybridized carbons (Fsp3) is 0.467. The summed E-state index contributed by atoms with van der Waals surface area (Å²) in [7, 11) is 0. The highest BCUT2D eigenvalue weighted by Gasteiger charge is 2.01. The zero-order valence-electron chi connectivity index (χ0n) is 10.9. The van der Waals surface area contributed by atoms with Crippen LogP contribution in [-0.2, 0) is 0 Å². The van der Waals surface area contributed by atoms with Gasteiger partial charge in [-0.25, -0.2) is 4.39 Å². The first-order valence-electron chi connectivity index (χ1n) is 6.15. The minimum absolute atomic E-state index is 0.235. The normalized spacial score (nSPS) is 10.1. The van der Waals surface area contributed by atoms with E-state index in [4.69, 9.17) is 9.84 Å². The Hall–Kier alpha value is -1.53. The molecular formula is C15H19FO2. The van der Waals surface area contributed by atoms with Gasteiger partial charge in [-0.05, 0) is 30.9 Å². The molecule has 0 aliphatic carbocycles. The van der Waals surface area contributed by atoms with Crippen LogP contribution in [0.4, 0.5) is 4.39 Å². The molecule has 1 aromatic carbocycles. The van der Waals surface area contributed by atoms with Gasteiger partial charge in [0.25, 0.3) is 0 Å². The van der Waals surface area contributed by atoms with Gasteiger partial charge in [0, 0.05) is 11.6 Å². The number of aliphatic hydroxyl groups excluding tert-OH is 1. The van der Waals surface area contributed by atoms with Gasteiger partial charge in [-0.1, -0.05) is 25.7 Å². The summed E-state index contributed by atoms with van der Waals surface area (Å²) < 4.78 is 18.8. The van der Waals surface area contributed by atoms with Crippen molar-refractivity contribution < 1.29 is 14.2 Å². The van der Waals surface area contributed by atoms with Crippen LogP contribution in [0.3, 0.4) is 0 Å². The number of hydrogen-bond acceptors (Lipinski definition) is 2. The molecule has 2 nitrogen and oxygen atoms in total. The number of aliphatic hydroxyl groups is 1. The predicted octanol–water partition coefficient (Wildman–Crippen LogP) is 2.98. The molecule has 0 radical (unpaired) electrons. The molecule has 18 heavy (non-hydrogen) atoms. The number of ether oxygens (including phenoxy) is 1. The van der Waals surface area contributed by atoms with Crippen molar-refractivity contribution in [1.29, 1.82) is 0 Å². The molecule has 0 fully saturated rings. The predicted molar refractivity (Wildman–Crippen MR) is 69.9 cm³/mol. The highest BCUT2D eigenvalue weighted by atomic mass is 19.1. The van der Waals surface area contributed by atoms with E-state index >= 15 is 0 Å². The highest BCUT2D eigenvalue weighted by molar-refractivity contribution is 5.40. The molecule has 0 aliphatic rings. The van der Waals surface area contributed by atoms with Crippen LogP contribution in [0.15, 0.2) is 18.2 Å². The van der Waals surface area contributed by atoms with Crippen molar-refractivity contribution >= 4 is 0 Å². The van der Waals surface area contributed by atoms with Crippen molar-refractivity contribution in [2.45, 2.75) is 26.7 Å². The van der Waals surface area contributed by atoms with Crippen LogP contribution in [0.25, 0.3) is 0 Å². The Kier molecular flexibility index (Phi) is 6.24. The number of halogens is 1. The molecule has 0 saturated carbocycles. The minimum atomic E-state index is -0.376. The first kappa shape index (κ1) is 14.5. The summed E-state index contributed by atoms with van der Waals surface area (Å²) >= 11 is 0. The molecule has 98 valence electrons. The Morgan fingerprint density at radius 2 is 2.11 bits per heavy atom. The standard InChI is InChI=1S/C15H19FO2/c1-12(2)5-4-8-18-15-10-13(6-3-7-17)9-14(16)11-15/h9-12,17H,4-5,7-8H2,1-2H3. The smallest absolute Gasteiger partial charge is 0.128 e. The van der Waals surface area contributed by atoms with E-state index in [2.05, 4.69) is 25.7 Å². The van der Waals surface area contributed by atoms with Crippen LogP contribution in [0.1, 0.15) is 32.3 Å². The Morgan fingerprint density at radius 1 is 1.33 bits per heavy atom. The van der Waals surface area contributed by atoms with Gasteiger partial charge in [0.1, 0.15) is 18.2 Å². The summed E-state index contributed by atoms with van der Waals surface area (Å²) in [5.41, 5.74) is 0.517. The molecule has 3 heteroatoms. The summed E-state index contributed by atoms with van der Waals surface area (Å²) in [5, 5.41) is 8.59. The van der Waals surface area contributed by atoms with E-state index in [1.54, 1.807) is 6.07 Å². The summed E-state index contributed by atoms with van der Waals surface area (Å²) in [6.07, 6.45) is 2.04. The largest absolute Gasteiger partial charge is 0.493 e. The van der Waals surface area contributed by atoms with Crippen molar-refractivity contribution in [3.8, 4) is 17.6 Å². The lowest BCUT2D eigenvalue weighted by Gasteiger charge is -2.08. The maximum atomic E-state index is 13.3. The molecular weight excluding hydrogens is 231 g/mol. The molecule has 0 amide bonds. The van der Waals surface area contributed by atoms with E-state index in [9.17, 15) is 4.39 Å². The fourth-order valence-corrected chi connectivity index (χ4v) is 1.54. The van der Waals surface area contributed by atoms with Gasteiger partial charge < -0.3 is 9.84 Å². The monoisotopic (exact) mass is 250 g/mol. The number of hydrogen-bond donors (Lipinski definition) is 1. The third-order valence-corrected chi connectivity index (χ3v) is 2.38. The van der Waals surface area contributed by atoms with Crippen molar-refractivity contribution in [3.05, 3.63) is 29.6 Å². The lowest BCUT2D eigenvalue weighted by Crippen LogP contribution is -2.00. The van der Waals surface area contributed by atoms with Crippen molar-refractivity contribution in [1.82, 2.24) is 0 Å². The van der Waals surface area contributed by atoms with Gasteiger partial charge in [-0.15, -0.1) is 0 Å². The molecule has 0 saturated heterocycles. The molecule has 0 spiro atoms. The zero-order valence-corrected chi connectivity index (χ0v) is 10.9. The van der Waals surface area contributed by atoms with Crippen molar-refractivity contribution in [3.63, 3.8) is 0 Å². The minimum Gasteiger partial charge on any atom is -0.493 e. The van der Waals surface area contributed by atoms with Gasteiger partial charge >= 0.3 is 0 Å². The van der Waals surface area contributed by atoms with Crippen molar-refractivity contribution in [2.24, 2.45) is 5.92 Å². The number of rotatable bonds is 5. The number of benzene rings is 1. The lowest BCUT2D eigenvalue weighted by molar-refractivity contribution is 0.296. The van der Waals surface area contributed by atoms with E-state index in [1.165, 1.54) is 12.1 Å². The van der Waals surface area contributed by atoms with Crippen LogP contribution >= 0.6 is 0 Å². The summed E-state index contributed by atoms with van der Waals surface area (Å²) in [6.45, 7) is 4.66. The fourth-order valence-electron chi connectivity index (χ4n) is 1.54. The summed E-state index contributed by atoms with van der Waals surface area (Å²) in [6, 6.07) is 4.35. The van der Waals surface area contributed by atoms with Crippen LogP contribution < -0.4 is 4.74 Å². The zero-order chi connectivity index (χ0) is 13.4. The Morgan fingerprint density at radius 3 is 2.78 bits per heavy atom. The van der Waals surface area contributed by atoms with Crippen LogP contribution in [0.5, 0.6) is 5.75 Å². The molecule has 0 heterocycles. The topological polar surface area (TPSA) is 29.5 Å². The van der Waals surface area contributed by atoms with Gasteiger partial charge in [0.2, 0.25) is 0 Å². The van der Waals surface area contributed by atoms with Crippen LogP contribution in [0.2, 0.25) is 0 Å². The Balaban J connectivity index is 2.57. The Labute approximate surface area is 108 Å². The van der Waals surface area contributed by atoms with E-state index in [0.717, 1.165) is 12.8 Å². The van der Waals surface area contributed by atoms with Gasteiger partial charge in [0.15, 0.2) is 0 Å². The summed E-state index contributed by atoms with van der Waals surface area (Å²) in [4.78, 5) is 0. The molecule has 0 bridgehead atoms. The molecule has 0 aliphatic heterocycles. The van der Waals surface area contributed by atoms with Crippen molar-refractivity contribution in [2.75, 3.05) is 13.2 Å². The average Bonchev–Trinajstić information content (AvgIpc) is 2.31. The first-order valence-corrected chi connectivity index (χ1v) is 6.15. The lowest BCUT2D eigenvalue weighted by atomic mass is 10.1. The van der Waals surface area contributed by atoms with Gasteiger partial charge in [-0.3, -0.25) is 0 Å². The first-order chi connectivity index (χ1) is 8.61. The van der Waals surface area contributed by atoms with Crippen LogP contribution in [-0.4, -0.2) is 18.3 Å². The quantitative estimate of drug-likeness (QED) is 0.643. The van der Waals surface area contributed by atoms with Crippen LogP contribution in [0, 0.1) is 23.6 Å². The molecule has 1 N–H and O–H groups in total. The van der Waals surface area contributed by atoms with E-state index < -0.39 is 0 Å². The Bertz CT molecular complexity index is 430. The highest BCUT2D eigenvalue weighted by Crippen LogP contribution is 2.16. The third kappa shape index (κ3) is 5.70. The van der Waals surface area contributed by atoms with Gasteiger partial charge in [0.05, 0.1) is 6.61 Å². The molecule has 1 aromatic rings. The van der Waals surface area contributed by atoms with E-state index in [1.807, 2.05) is 0 Å². The summed E-state index contributed by atoms with van der Waals surface area (Å²) in [5.74, 6) is 5.90. The second kappa shape index (κ2) is 7.73.